The normalized spacial score (nSPS) is 16.9. The number of carboxylic acids is 1. The molecule has 0 bridgehead atoms. The molecule has 0 aliphatic carbocycles. The number of halogens is 2. The van der Waals surface area contributed by atoms with Crippen molar-refractivity contribution in [2.75, 3.05) is 19.7 Å². The Balaban J connectivity index is 1.75. The van der Waals surface area contributed by atoms with E-state index in [-0.39, 0.29) is 41.8 Å². The van der Waals surface area contributed by atoms with Crippen LogP contribution in [0.3, 0.4) is 0 Å². The zero-order valence-corrected chi connectivity index (χ0v) is 15.0. The van der Waals surface area contributed by atoms with Gasteiger partial charge in [0.1, 0.15) is 17.5 Å². The SMILES string of the molecule is Cc1nc(C(=O)N2CCOC(c3cccc(OC(F)F)c3)C2)ccc1C(=O)O. The van der Waals surface area contributed by atoms with Crippen LogP contribution in [-0.2, 0) is 4.74 Å². The predicted octanol–water partition coefficient (Wildman–Crippen LogP) is 2.90. The van der Waals surface area contributed by atoms with E-state index in [0.29, 0.717) is 12.1 Å². The minimum atomic E-state index is -2.93. The Hall–Kier alpha value is -3.07. The predicted molar refractivity (Wildman–Crippen MR) is 93.6 cm³/mol. The van der Waals surface area contributed by atoms with Crippen LogP contribution in [0.15, 0.2) is 36.4 Å². The largest absolute Gasteiger partial charge is 0.478 e. The van der Waals surface area contributed by atoms with E-state index in [2.05, 4.69) is 9.72 Å². The van der Waals surface area contributed by atoms with Gasteiger partial charge in [-0.1, -0.05) is 12.1 Å². The van der Waals surface area contributed by atoms with Crippen LogP contribution in [0, 0.1) is 6.92 Å². The Morgan fingerprint density at radius 2 is 2.11 bits per heavy atom. The lowest BCUT2D eigenvalue weighted by molar-refractivity contribution is -0.0504. The molecule has 2 aromatic rings. The maximum atomic E-state index is 12.8. The van der Waals surface area contributed by atoms with Crippen LogP contribution in [-0.4, -0.2) is 53.2 Å². The molecule has 1 unspecified atom stereocenters. The van der Waals surface area contributed by atoms with Gasteiger partial charge in [-0.15, -0.1) is 0 Å². The quantitative estimate of drug-likeness (QED) is 0.842. The van der Waals surface area contributed by atoms with E-state index in [1.165, 1.54) is 36.1 Å². The molecular weight excluding hydrogens is 374 g/mol. The Kier molecular flexibility index (Phi) is 5.84. The highest BCUT2D eigenvalue weighted by Crippen LogP contribution is 2.27. The third-order valence-electron chi connectivity index (χ3n) is 4.34. The van der Waals surface area contributed by atoms with Crippen molar-refractivity contribution in [1.82, 2.24) is 9.88 Å². The standard InChI is InChI=1S/C19H18F2N2O5/c1-11-14(18(25)26)5-6-15(22-11)17(24)23-7-8-27-16(10-23)12-3-2-4-13(9-12)28-19(20)21/h2-6,9,16,19H,7-8,10H2,1H3,(H,25,26). The second kappa shape index (κ2) is 8.30. The number of amides is 1. The monoisotopic (exact) mass is 392 g/mol. The van der Waals surface area contributed by atoms with Crippen molar-refractivity contribution in [2.24, 2.45) is 0 Å². The van der Waals surface area contributed by atoms with Crippen molar-refractivity contribution in [3.05, 3.63) is 58.9 Å². The first kappa shape index (κ1) is 19.7. The van der Waals surface area contributed by atoms with Crippen molar-refractivity contribution in [3.63, 3.8) is 0 Å². The van der Waals surface area contributed by atoms with Crippen molar-refractivity contribution in [3.8, 4) is 5.75 Å². The Bertz CT molecular complexity index is 890. The van der Waals surface area contributed by atoms with Gasteiger partial charge in [-0.3, -0.25) is 4.79 Å². The van der Waals surface area contributed by atoms with E-state index >= 15 is 0 Å². The molecule has 2 heterocycles. The van der Waals surface area contributed by atoms with Gasteiger partial charge >= 0.3 is 12.6 Å². The number of aryl methyl sites for hydroxylation is 1. The van der Waals surface area contributed by atoms with Crippen LogP contribution in [0.5, 0.6) is 5.75 Å². The molecule has 7 nitrogen and oxygen atoms in total. The number of aromatic nitrogens is 1. The highest BCUT2D eigenvalue weighted by atomic mass is 19.3. The summed E-state index contributed by atoms with van der Waals surface area (Å²) in [7, 11) is 0. The first-order valence-corrected chi connectivity index (χ1v) is 8.51. The number of nitrogens with zero attached hydrogens (tertiary/aromatic N) is 2. The molecular formula is C19H18F2N2O5. The minimum absolute atomic E-state index is 0.0149. The number of aromatic carboxylic acids is 1. The van der Waals surface area contributed by atoms with Crippen molar-refractivity contribution in [2.45, 2.75) is 19.6 Å². The lowest BCUT2D eigenvalue weighted by Crippen LogP contribution is -2.42. The molecule has 1 aliphatic heterocycles. The molecule has 0 spiro atoms. The third-order valence-corrected chi connectivity index (χ3v) is 4.34. The van der Waals surface area contributed by atoms with Gasteiger partial charge in [0.2, 0.25) is 0 Å². The summed E-state index contributed by atoms with van der Waals surface area (Å²) in [5, 5.41) is 9.07. The van der Waals surface area contributed by atoms with Crippen LogP contribution in [0.2, 0.25) is 0 Å². The summed E-state index contributed by atoms with van der Waals surface area (Å²) in [5.74, 6) is -1.45. The summed E-state index contributed by atoms with van der Waals surface area (Å²) < 4.78 is 34.9. The molecule has 3 rings (SSSR count). The molecule has 1 amide bonds. The molecule has 0 saturated carbocycles. The smallest absolute Gasteiger partial charge is 0.387 e. The summed E-state index contributed by atoms with van der Waals surface area (Å²) in [6.45, 7) is -0.592. The number of hydrogen-bond donors (Lipinski definition) is 1. The van der Waals surface area contributed by atoms with Crippen LogP contribution < -0.4 is 4.74 Å². The maximum absolute atomic E-state index is 12.8. The van der Waals surface area contributed by atoms with Gasteiger partial charge in [-0.05, 0) is 36.8 Å². The Morgan fingerprint density at radius 3 is 2.79 bits per heavy atom. The number of carboxylic acid groups (broad SMARTS) is 1. The zero-order chi connectivity index (χ0) is 20.3. The average molecular weight is 392 g/mol. The minimum Gasteiger partial charge on any atom is -0.478 e. The number of pyridine rings is 1. The first-order valence-electron chi connectivity index (χ1n) is 8.51. The van der Waals surface area contributed by atoms with Gasteiger partial charge in [0.05, 0.1) is 24.4 Å². The van der Waals surface area contributed by atoms with Crippen LogP contribution in [0.4, 0.5) is 8.78 Å². The van der Waals surface area contributed by atoms with Gasteiger partial charge in [0.25, 0.3) is 5.91 Å². The lowest BCUT2D eigenvalue weighted by atomic mass is 10.1. The summed E-state index contributed by atoms with van der Waals surface area (Å²) >= 11 is 0. The lowest BCUT2D eigenvalue weighted by Gasteiger charge is -2.33. The van der Waals surface area contributed by atoms with E-state index in [4.69, 9.17) is 9.84 Å². The van der Waals surface area contributed by atoms with E-state index < -0.39 is 18.7 Å². The van der Waals surface area contributed by atoms with Gasteiger partial charge in [-0.2, -0.15) is 8.78 Å². The van der Waals surface area contributed by atoms with Crippen LogP contribution in [0.1, 0.15) is 38.2 Å². The number of ether oxygens (including phenoxy) is 2. The molecule has 28 heavy (non-hydrogen) atoms. The number of benzene rings is 1. The molecule has 148 valence electrons. The molecule has 0 radical (unpaired) electrons. The van der Waals surface area contributed by atoms with Crippen molar-refractivity contribution in [1.29, 1.82) is 0 Å². The Labute approximate surface area is 159 Å². The zero-order valence-electron chi connectivity index (χ0n) is 15.0. The topological polar surface area (TPSA) is 89.0 Å². The summed E-state index contributed by atoms with van der Waals surface area (Å²) in [5.41, 5.74) is 1.03. The summed E-state index contributed by atoms with van der Waals surface area (Å²) in [6, 6.07) is 8.88. The maximum Gasteiger partial charge on any atom is 0.387 e. The fourth-order valence-corrected chi connectivity index (χ4v) is 2.99. The van der Waals surface area contributed by atoms with E-state index in [1.54, 1.807) is 12.1 Å². The molecule has 1 atom stereocenters. The molecule has 1 fully saturated rings. The van der Waals surface area contributed by atoms with Gasteiger partial charge < -0.3 is 19.5 Å². The van der Waals surface area contributed by atoms with Gasteiger partial charge in [0, 0.05) is 6.54 Å². The number of rotatable bonds is 5. The fourth-order valence-electron chi connectivity index (χ4n) is 2.99. The third kappa shape index (κ3) is 4.42. The van der Waals surface area contributed by atoms with Gasteiger partial charge in [-0.25, -0.2) is 9.78 Å². The molecule has 1 saturated heterocycles. The van der Waals surface area contributed by atoms with E-state index in [9.17, 15) is 18.4 Å². The second-order valence-corrected chi connectivity index (χ2v) is 6.20. The van der Waals surface area contributed by atoms with Crippen LogP contribution in [0.25, 0.3) is 0 Å². The fraction of sp³-hybridized carbons (Fsp3) is 0.316. The highest BCUT2D eigenvalue weighted by Gasteiger charge is 2.27. The van der Waals surface area contributed by atoms with Gasteiger partial charge in [0.15, 0.2) is 0 Å². The number of morpholine rings is 1. The van der Waals surface area contributed by atoms with Crippen molar-refractivity contribution >= 4 is 11.9 Å². The average Bonchev–Trinajstić information content (AvgIpc) is 2.67. The van der Waals surface area contributed by atoms with Crippen LogP contribution >= 0.6 is 0 Å². The highest BCUT2D eigenvalue weighted by molar-refractivity contribution is 5.94. The summed E-state index contributed by atoms with van der Waals surface area (Å²) in [6.07, 6.45) is -0.502. The molecule has 1 aliphatic rings. The van der Waals surface area contributed by atoms with Crippen molar-refractivity contribution < 1.29 is 33.0 Å². The molecule has 1 N–H and O–H groups in total. The van der Waals surface area contributed by atoms with E-state index in [1.807, 2.05) is 0 Å². The first-order chi connectivity index (χ1) is 13.3. The Morgan fingerprint density at radius 1 is 1.32 bits per heavy atom. The number of hydrogen-bond acceptors (Lipinski definition) is 5. The number of alkyl halides is 2. The molecule has 9 heteroatoms. The molecule has 1 aromatic heterocycles. The summed E-state index contributed by atoms with van der Waals surface area (Å²) in [4.78, 5) is 29.5. The molecule has 1 aromatic carbocycles. The van der Waals surface area contributed by atoms with E-state index in [0.717, 1.165) is 0 Å². The number of carbonyl (C=O) groups is 2. The second-order valence-electron chi connectivity index (χ2n) is 6.20. The number of carbonyl (C=O) groups excluding carboxylic acids is 1.